The second-order valence-corrected chi connectivity index (χ2v) is 8.69. The standard InChI is InChI=1S/C25H19F4N3O3S/c26-19-12-10-17(11-13-19)22-23(18-8-6-16(7-9-18)15-36(34)35)31-32(24(22)25(27,28)29)14-21(33)30-20-4-2-1-3-5-20/h1-13H,14-15H2,(H,30,33)(H,34,35)/p-1. The molecule has 0 aliphatic carbocycles. The fraction of sp³-hybridized carbons (Fsp3) is 0.120. The molecule has 1 aromatic heterocycles. The van der Waals surface area contributed by atoms with Crippen molar-refractivity contribution in [2.24, 2.45) is 0 Å². The molecule has 36 heavy (non-hydrogen) atoms. The minimum absolute atomic E-state index is 0.0539. The minimum atomic E-state index is -4.90. The van der Waals surface area contributed by atoms with Crippen molar-refractivity contribution in [3.8, 4) is 22.4 Å². The first kappa shape index (κ1) is 25.3. The van der Waals surface area contributed by atoms with Crippen LogP contribution in [0.25, 0.3) is 22.4 Å². The summed E-state index contributed by atoms with van der Waals surface area (Å²) in [7, 11) is 0. The average molecular weight is 516 g/mol. The SMILES string of the molecule is O=C(Cn1nc(-c2ccc(CS(=O)[O-])cc2)c(-c2ccc(F)cc2)c1C(F)(F)F)Nc1ccccc1. The number of hydrogen-bond acceptors (Lipinski definition) is 4. The number of alkyl halides is 3. The van der Waals surface area contributed by atoms with E-state index in [0.29, 0.717) is 15.9 Å². The van der Waals surface area contributed by atoms with Crippen LogP contribution in [-0.2, 0) is 34.3 Å². The van der Waals surface area contributed by atoms with Crippen LogP contribution in [0.5, 0.6) is 0 Å². The van der Waals surface area contributed by atoms with Crippen LogP contribution in [0.15, 0.2) is 78.9 Å². The highest BCUT2D eigenvalue weighted by Gasteiger charge is 2.41. The van der Waals surface area contributed by atoms with Gasteiger partial charge in [-0.3, -0.25) is 9.00 Å². The normalized spacial score (nSPS) is 12.4. The Morgan fingerprint density at radius 2 is 1.56 bits per heavy atom. The largest absolute Gasteiger partial charge is 0.772 e. The van der Waals surface area contributed by atoms with Crippen LogP contribution in [0.4, 0.5) is 23.2 Å². The summed E-state index contributed by atoms with van der Waals surface area (Å²) in [6, 6.07) is 18.6. The molecule has 0 spiro atoms. The number of halogens is 4. The van der Waals surface area contributed by atoms with Crippen molar-refractivity contribution in [1.82, 2.24) is 9.78 Å². The Balaban J connectivity index is 1.83. The van der Waals surface area contributed by atoms with Gasteiger partial charge in [-0.25, -0.2) is 9.07 Å². The summed E-state index contributed by atoms with van der Waals surface area (Å²) >= 11 is -2.34. The molecule has 0 bridgehead atoms. The van der Waals surface area contributed by atoms with Crippen LogP contribution < -0.4 is 5.32 Å². The second-order valence-electron chi connectivity index (χ2n) is 7.79. The molecule has 0 saturated heterocycles. The molecule has 3 aromatic carbocycles. The van der Waals surface area contributed by atoms with Gasteiger partial charge in [0.2, 0.25) is 5.91 Å². The maximum Gasteiger partial charge on any atom is 0.433 e. The number of anilines is 1. The molecular weight excluding hydrogens is 498 g/mol. The van der Waals surface area contributed by atoms with Gasteiger partial charge in [0.1, 0.15) is 18.1 Å². The van der Waals surface area contributed by atoms with E-state index >= 15 is 0 Å². The second kappa shape index (κ2) is 10.4. The third-order valence-corrected chi connectivity index (χ3v) is 5.79. The predicted molar refractivity (Wildman–Crippen MR) is 126 cm³/mol. The quantitative estimate of drug-likeness (QED) is 0.264. The number of aromatic nitrogens is 2. The summed E-state index contributed by atoms with van der Waals surface area (Å²) in [5.74, 6) is -1.61. The van der Waals surface area contributed by atoms with Crippen LogP contribution in [0.2, 0.25) is 0 Å². The number of hydrogen-bond donors (Lipinski definition) is 1. The fourth-order valence-corrected chi connectivity index (χ4v) is 4.17. The molecule has 4 aromatic rings. The van der Waals surface area contributed by atoms with Crippen molar-refractivity contribution in [2.45, 2.75) is 18.5 Å². The number of nitrogens with one attached hydrogen (secondary N) is 1. The summed E-state index contributed by atoms with van der Waals surface area (Å²) in [5.41, 5.74) is -0.411. The van der Waals surface area contributed by atoms with E-state index < -0.39 is 41.2 Å². The van der Waals surface area contributed by atoms with Crippen molar-refractivity contribution < 1.29 is 31.1 Å². The van der Waals surface area contributed by atoms with Gasteiger partial charge in [0.15, 0.2) is 5.69 Å². The van der Waals surface area contributed by atoms with E-state index in [1.165, 1.54) is 36.4 Å². The maximum atomic E-state index is 14.4. The number of benzene rings is 3. The zero-order valence-corrected chi connectivity index (χ0v) is 19.3. The highest BCUT2D eigenvalue weighted by Crippen LogP contribution is 2.42. The van der Waals surface area contributed by atoms with Gasteiger partial charge in [0.25, 0.3) is 0 Å². The van der Waals surface area contributed by atoms with E-state index in [9.17, 15) is 31.1 Å². The van der Waals surface area contributed by atoms with Crippen LogP contribution in [0.3, 0.4) is 0 Å². The number of carbonyl (C=O) groups is 1. The van der Waals surface area contributed by atoms with E-state index in [0.717, 1.165) is 12.1 Å². The van der Waals surface area contributed by atoms with Gasteiger partial charge in [0, 0.05) is 22.6 Å². The molecule has 11 heteroatoms. The summed E-state index contributed by atoms with van der Waals surface area (Å²) in [5, 5.41) is 6.67. The van der Waals surface area contributed by atoms with Gasteiger partial charge in [-0.2, -0.15) is 18.3 Å². The predicted octanol–water partition coefficient (Wildman–Crippen LogP) is 5.39. The number of rotatable bonds is 7. The molecule has 1 unspecified atom stereocenters. The third kappa shape index (κ3) is 5.86. The lowest BCUT2D eigenvalue weighted by Gasteiger charge is -2.13. The van der Waals surface area contributed by atoms with Crippen LogP contribution in [0.1, 0.15) is 11.3 Å². The summed E-state index contributed by atoms with van der Waals surface area (Å²) < 4.78 is 79.1. The van der Waals surface area contributed by atoms with E-state index in [2.05, 4.69) is 10.4 Å². The van der Waals surface area contributed by atoms with Crippen molar-refractivity contribution >= 4 is 22.7 Å². The van der Waals surface area contributed by atoms with E-state index in [-0.39, 0.29) is 28.1 Å². The van der Waals surface area contributed by atoms with Crippen molar-refractivity contribution in [1.29, 1.82) is 0 Å². The van der Waals surface area contributed by atoms with Crippen molar-refractivity contribution in [3.63, 3.8) is 0 Å². The number of amides is 1. The number of para-hydroxylation sites is 1. The van der Waals surface area contributed by atoms with Gasteiger partial charge in [-0.15, -0.1) is 0 Å². The maximum absolute atomic E-state index is 14.4. The lowest BCUT2D eigenvalue weighted by Crippen LogP contribution is -2.24. The molecule has 0 radical (unpaired) electrons. The molecule has 0 fully saturated rings. The molecular formula is C25H18F4N3O3S-. The minimum Gasteiger partial charge on any atom is -0.772 e. The molecule has 0 saturated carbocycles. The summed E-state index contributed by atoms with van der Waals surface area (Å²) in [6.45, 7) is -0.731. The first-order chi connectivity index (χ1) is 17.1. The molecule has 1 heterocycles. The topological polar surface area (TPSA) is 87.0 Å². The first-order valence-electron chi connectivity index (χ1n) is 10.6. The Hall–Kier alpha value is -3.83. The third-order valence-electron chi connectivity index (χ3n) is 5.22. The Kier molecular flexibility index (Phi) is 7.32. The fourth-order valence-electron chi connectivity index (χ4n) is 3.71. The molecule has 186 valence electrons. The van der Waals surface area contributed by atoms with E-state index in [1.807, 2.05) is 0 Å². The Bertz CT molecular complexity index is 1390. The zero-order valence-electron chi connectivity index (χ0n) is 18.5. The Morgan fingerprint density at radius 3 is 2.14 bits per heavy atom. The lowest BCUT2D eigenvalue weighted by atomic mass is 9.98. The molecule has 1 N–H and O–H groups in total. The molecule has 6 nitrogen and oxygen atoms in total. The van der Waals surface area contributed by atoms with Gasteiger partial charge < -0.3 is 9.87 Å². The Morgan fingerprint density at radius 1 is 0.944 bits per heavy atom. The van der Waals surface area contributed by atoms with Crippen LogP contribution >= 0.6 is 0 Å². The summed E-state index contributed by atoms with van der Waals surface area (Å²) in [4.78, 5) is 12.6. The Labute approximate surface area is 205 Å². The highest BCUT2D eigenvalue weighted by atomic mass is 32.2. The molecule has 1 atom stereocenters. The van der Waals surface area contributed by atoms with Crippen molar-refractivity contribution in [2.75, 3.05) is 5.32 Å². The van der Waals surface area contributed by atoms with Crippen LogP contribution in [0, 0.1) is 5.82 Å². The molecule has 0 aliphatic rings. The van der Waals surface area contributed by atoms with E-state index in [4.69, 9.17) is 0 Å². The zero-order chi connectivity index (χ0) is 25.9. The average Bonchev–Trinajstić information content (AvgIpc) is 3.19. The van der Waals surface area contributed by atoms with Crippen molar-refractivity contribution in [3.05, 3.63) is 95.9 Å². The number of nitrogens with zero attached hydrogens (tertiary/aromatic N) is 2. The number of carbonyl (C=O) groups excluding carboxylic acids is 1. The first-order valence-corrected chi connectivity index (χ1v) is 11.8. The van der Waals surface area contributed by atoms with Gasteiger partial charge in [0.05, 0.1) is 0 Å². The molecule has 0 aliphatic heterocycles. The van der Waals surface area contributed by atoms with Gasteiger partial charge in [-0.05, 0) is 35.4 Å². The van der Waals surface area contributed by atoms with Crippen LogP contribution in [-0.4, -0.2) is 24.4 Å². The van der Waals surface area contributed by atoms with Gasteiger partial charge >= 0.3 is 6.18 Å². The lowest BCUT2D eigenvalue weighted by molar-refractivity contribution is -0.144. The monoisotopic (exact) mass is 516 g/mol. The summed E-state index contributed by atoms with van der Waals surface area (Å²) in [6.07, 6.45) is -4.90. The molecule has 4 rings (SSSR count). The van der Waals surface area contributed by atoms with E-state index in [1.54, 1.807) is 30.3 Å². The highest BCUT2D eigenvalue weighted by molar-refractivity contribution is 7.78. The molecule has 1 amide bonds. The van der Waals surface area contributed by atoms with Gasteiger partial charge in [-0.1, -0.05) is 65.7 Å². The smallest absolute Gasteiger partial charge is 0.433 e.